The molecule has 150 valence electrons. The molecule has 0 spiro atoms. The number of halogens is 2. The Kier molecular flexibility index (Phi) is 4.39. The predicted octanol–water partition coefficient (Wildman–Crippen LogP) is 2.86. The number of benzene rings is 1. The van der Waals surface area contributed by atoms with Crippen molar-refractivity contribution in [3.05, 3.63) is 53.9 Å². The molecule has 2 unspecified atom stereocenters. The average molecular weight is 398 g/mol. The van der Waals surface area contributed by atoms with Crippen molar-refractivity contribution in [2.45, 2.75) is 31.4 Å². The predicted molar refractivity (Wildman–Crippen MR) is 104 cm³/mol. The number of anilines is 2. The lowest BCUT2D eigenvalue weighted by Gasteiger charge is -2.45. The summed E-state index contributed by atoms with van der Waals surface area (Å²) in [6, 6.07) is 10.0. The summed E-state index contributed by atoms with van der Waals surface area (Å²) in [5.74, 6) is 0.0801. The molecule has 3 aliphatic heterocycles. The van der Waals surface area contributed by atoms with Crippen LogP contribution in [-0.4, -0.2) is 45.7 Å². The maximum atomic E-state index is 13.2. The highest BCUT2D eigenvalue weighted by atomic mass is 19.3. The summed E-state index contributed by atoms with van der Waals surface area (Å²) in [7, 11) is 0. The first-order valence-corrected chi connectivity index (χ1v) is 9.63. The van der Waals surface area contributed by atoms with Crippen molar-refractivity contribution in [1.82, 2.24) is 19.9 Å². The molecule has 0 saturated carbocycles. The highest BCUT2D eigenvalue weighted by molar-refractivity contribution is 6.04. The largest absolute Gasteiger partial charge is 0.334 e. The van der Waals surface area contributed by atoms with Crippen molar-refractivity contribution < 1.29 is 13.6 Å². The van der Waals surface area contributed by atoms with Crippen molar-refractivity contribution in [3.8, 4) is 0 Å². The number of fused-ring (bicyclic) bond motifs is 4. The molecule has 2 bridgehead atoms. The zero-order valence-electron chi connectivity index (χ0n) is 15.6. The maximum absolute atomic E-state index is 13.2. The van der Waals surface area contributed by atoms with Crippen LogP contribution in [0.15, 0.2) is 42.6 Å². The van der Waals surface area contributed by atoms with Crippen LogP contribution in [0.1, 0.15) is 35.3 Å². The Balaban J connectivity index is 1.45. The van der Waals surface area contributed by atoms with Crippen LogP contribution < -0.4 is 15.5 Å². The van der Waals surface area contributed by atoms with E-state index in [0.717, 1.165) is 25.9 Å². The minimum absolute atomic E-state index is 0.0937. The number of amides is 1. The summed E-state index contributed by atoms with van der Waals surface area (Å²) >= 11 is 0. The lowest BCUT2D eigenvalue weighted by atomic mass is 9.93. The molecule has 1 aromatic carbocycles. The molecule has 3 aliphatic rings. The molecule has 3 aromatic rings. The molecule has 2 N–H and O–H groups in total. The van der Waals surface area contributed by atoms with Crippen LogP contribution in [0.5, 0.6) is 0 Å². The molecule has 1 amide bonds. The van der Waals surface area contributed by atoms with Crippen LogP contribution in [0, 0.1) is 0 Å². The molecule has 7 nitrogen and oxygen atoms in total. The van der Waals surface area contributed by atoms with Gasteiger partial charge in [-0.05, 0) is 31.0 Å². The van der Waals surface area contributed by atoms with E-state index in [-0.39, 0.29) is 16.9 Å². The minimum Gasteiger partial charge on any atom is -0.334 e. The monoisotopic (exact) mass is 398 g/mol. The van der Waals surface area contributed by atoms with Crippen LogP contribution in [-0.2, 0) is 0 Å². The first-order chi connectivity index (χ1) is 14.1. The van der Waals surface area contributed by atoms with E-state index in [1.807, 2.05) is 0 Å². The number of piperidine rings is 2. The van der Waals surface area contributed by atoms with Crippen molar-refractivity contribution in [3.63, 3.8) is 0 Å². The fourth-order valence-corrected chi connectivity index (χ4v) is 4.14. The number of hydrogen-bond donors (Lipinski definition) is 2. The number of carbonyl (C=O) groups is 1. The van der Waals surface area contributed by atoms with Gasteiger partial charge in [-0.25, -0.2) is 18.3 Å². The van der Waals surface area contributed by atoms with Crippen molar-refractivity contribution in [2.24, 2.45) is 0 Å². The Hall–Kier alpha value is -3.07. The SMILES string of the molecule is O=C(Nc1ccccc1C(F)F)c1ccc2cnc(N3CC4CCC3CN4)nn12. The van der Waals surface area contributed by atoms with Crippen LogP contribution in [0.3, 0.4) is 0 Å². The number of nitrogens with zero attached hydrogens (tertiary/aromatic N) is 4. The second-order valence-corrected chi connectivity index (χ2v) is 7.44. The standard InChI is InChI=1S/C20H20F2N6O/c21-18(22)15-3-1-2-4-16(15)25-19(29)17-8-7-14-10-24-20(26-28(14)17)27-11-12-5-6-13(27)9-23-12/h1-4,7-8,10,12-13,18,23H,5-6,9,11H2,(H,25,29). The molecular formula is C20H20F2N6O. The molecule has 2 atom stereocenters. The Morgan fingerprint density at radius 1 is 1.21 bits per heavy atom. The van der Waals surface area contributed by atoms with E-state index in [1.165, 1.54) is 22.7 Å². The van der Waals surface area contributed by atoms with E-state index in [0.29, 0.717) is 23.5 Å². The van der Waals surface area contributed by atoms with Gasteiger partial charge in [-0.2, -0.15) is 0 Å². The van der Waals surface area contributed by atoms with Crippen LogP contribution in [0.25, 0.3) is 5.52 Å². The fraction of sp³-hybridized carbons (Fsp3) is 0.350. The number of rotatable bonds is 4. The topological polar surface area (TPSA) is 74.6 Å². The molecule has 3 saturated heterocycles. The second kappa shape index (κ2) is 7.07. The number of alkyl halides is 2. The first-order valence-electron chi connectivity index (χ1n) is 9.63. The zero-order valence-corrected chi connectivity index (χ0v) is 15.6. The highest BCUT2D eigenvalue weighted by Gasteiger charge is 2.35. The van der Waals surface area contributed by atoms with Gasteiger partial charge in [0.1, 0.15) is 5.69 Å². The molecule has 9 heteroatoms. The third kappa shape index (κ3) is 3.21. The van der Waals surface area contributed by atoms with E-state index < -0.39 is 12.3 Å². The van der Waals surface area contributed by atoms with Gasteiger partial charge >= 0.3 is 0 Å². The summed E-state index contributed by atoms with van der Waals surface area (Å²) in [5, 5.41) is 10.7. The fourth-order valence-electron chi connectivity index (χ4n) is 4.14. The second-order valence-electron chi connectivity index (χ2n) is 7.44. The van der Waals surface area contributed by atoms with Crippen molar-refractivity contribution in [1.29, 1.82) is 0 Å². The quantitative estimate of drug-likeness (QED) is 0.707. The summed E-state index contributed by atoms with van der Waals surface area (Å²) in [5.41, 5.74) is 0.819. The van der Waals surface area contributed by atoms with Gasteiger partial charge in [0.2, 0.25) is 5.95 Å². The number of aromatic nitrogens is 3. The van der Waals surface area contributed by atoms with Crippen LogP contribution in [0.2, 0.25) is 0 Å². The molecule has 0 radical (unpaired) electrons. The van der Waals surface area contributed by atoms with Crippen LogP contribution >= 0.6 is 0 Å². The average Bonchev–Trinajstić information content (AvgIpc) is 3.18. The number of carbonyl (C=O) groups excluding carboxylic acids is 1. The van der Waals surface area contributed by atoms with Gasteiger partial charge in [-0.1, -0.05) is 18.2 Å². The third-order valence-corrected chi connectivity index (χ3v) is 5.67. The molecule has 3 fully saturated rings. The molecule has 5 heterocycles. The molecule has 2 aromatic heterocycles. The van der Waals surface area contributed by atoms with E-state index in [9.17, 15) is 13.6 Å². The molecule has 29 heavy (non-hydrogen) atoms. The van der Waals surface area contributed by atoms with Crippen LogP contribution in [0.4, 0.5) is 20.4 Å². The number of para-hydroxylation sites is 1. The lowest BCUT2D eigenvalue weighted by molar-refractivity contribution is 0.101. The van der Waals surface area contributed by atoms with E-state index in [1.54, 1.807) is 24.4 Å². The number of nitrogens with one attached hydrogen (secondary N) is 2. The Bertz CT molecular complexity index is 1060. The minimum atomic E-state index is -2.67. The number of piperazine rings is 1. The summed E-state index contributed by atoms with van der Waals surface area (Å²) < 4.78 is 28.0. The maximum Gasteiger partial charge on any atom is 0.274 e. The van der Waals surface area contributed by atoms with Crippen molar-refractivity contribution in [2.75, 3.05) is 23.3 Å². The van der Waals surface area contributed by atoms with Gasteiger partial charge in [0.25, 0.3) is 12.3 Å². The Labute approximate surface area is 165 Å². The van der Waals surface area contributed by atoms with E-state index >= 15 is 0 Å². The normalized spacial score (nSPS) is 21.1. The van der Waals surface area contributed by atoms with Gasteiger partial charge in [0, 0.05) is 36.4 Å². The Morgan fingerprint density at radius 3 is 2.79 bits per heavy atom. The first kappa shape index (κ1) is 18.0. The zero-order chi connectivity index (χ0) is 20.0. The van der Waals surface area contributed by atoms with Gasteiger partial charge in [0.15, 0.2) is 0 Å². The lowest BCUT2D eigenvalue weighted by Crippen LogP contribution is -2.61. The molecule has 0 aliphatic carbocycles. The van der Waals surface area contributed by atoms with Gasteiger partial charge in [-0.15, -0.1) is 5.10 Å². The summed E-state index contributed by atoms with van der Waals surface area (Å²) in [6.45, 7) is 1.73. The summed E-state index contributed by atoms with van der Waals surface area (Å²) in [4.78, 5) is 19.5. The van der Waals surface area contributed by atoms with Crippen molar-refractivity contribution >= 4 is 23.1 Å². The highest BCUT2D eigenvalue weighted by Crippen LogP contribution is 2.28. The third-order valence-electron chi connectivity index (χ3n) is 5.67. The number of hydrogen-bond acceptors (Lipinski definition) is 5. The van der Waals surface area contributed by atoms with Gasteiger partial charge < -0.3 is 15.5 Å². The smallest absolute Gasteiger partial charge is 0.274 e. The van der Waals surface area contributed by atoms with Gasteiger partial charge in [0.05, 0.1) is 11.7 Å². The molecular weight excluding hydrogens is 378 g/mol. The Morgan fingerprint density at radius 2 is 2.07 bits per heavy atom. The summed E-state index contributed by atoms with van der Waals surface area (Å²) in [6.07, 6.45) is 1.24. The van der Waals surface area contributed by atoms with Gasteiger partial charge in [-0.3, -0.25) is 4.79 Å². The van der Waals surface area contributed by atoms with E-state index in [4.69, 9.17) is 0 Å². The van der Waals surface area contributed by atoms with E-state index in [2.05, 4.69) is 25.6 Å². The molecule has 6 rings (SSSR count).